The number of likely N-dealkylation sites (tertiary alicyclic amines) is 1. The summed E-state index contributed by atoms with van der Waals surface area (Å²) in [5.41, 5.74) is 1.16. The fourth-order valence-corrected chi connectivity index (χ4v) is 3.74. The monoisotopic (exact) mass is 378 g/mol. The highest BCUT2D eigenvalue weighted by atomic mass is 16.5. The third kappa shape index (κ3) is 3.63. The minimum atomic E-state index is -0.661. The summed E-state index contributed by atoms with van der Waals surface area (Å²) >= 11 is 0. The van der Waals surface area contributed by atoms with E-state index in [1.54, 1.807) is 35.2 Å². The number of Topliss-reactive ketones (excluding diaryl/α,β-unsaturated/α-hetero) is 1. The van der Waals surface area contributed by atoms with Crippen molar-refractivity contribution in [2.75, 3.05) is 19.7 Å². The lowest BCUT2D eigenvalue weighted by molar-refractivity contribution is -0.127. The van der Waals surface area contributed by atoms with E-state index >= 15 is 0 Å². The predicted molar refractivity (Wildman–Crippen MR) is 103 cm³/mol. The van der Waals surface area contributed by atoms with Gasteiger partial charge in [-0.25, -0.2) is 0 Å². The van der Waals surface area contributed by atoms with E-state index < -0.39 is 6.04 Å². The maximum Gasteiger partial charge on any atom is 0.253 e. The van der Waals surface area contributed by atoms with Gasteiger partial charge in [-0.3, -0.25) is 14.4 Å². The van der Waals surface area contributed by atoms with Gasteiger partial charge in [0.1, 0.15) is 18.4 Å². The van der Waals surface area contributed by atoms with Crippen LogP contribution in [0, 0.1) is 5.92 Å². The number of nitrogens with zero attached hydrogens (tertiary/aromatic N) is 1. The van der Waals surface area contributed by atoms with E-state index in [4.69, 9.17) is 4.74 Å². The average Bonchev–Trinajstić information content (AvgIpc) is 2.76. The van der Waals surface area contributed by atoms with Crippen molar-refractivity contribution in [1.29, 1.82) is 0 Å². The summed E-state index contributed by atoms with van der Waals surface area (Å²) < 4.78 is 5.60. The lowest BCUT2D eigenvalue weighted by Crippen LogP contribution is -2.50. The molecule has 1 N–H and O–H groups in total. The van der Waals surface area contributed by atoms with E-state index in [-0.39, 0.29) is 30.1 Å². The van der Waals surface area contributed by atoms with Crippen LogP contribution in [0.25, 0.3) is 0 Å². The Morgan fingerprint density at radius 2 is 1.64 bits per heavy atom. The number of para-hydroxylation sites is 1. The highest BCUT2D eigenvalue weighted by Crippen LogP contribution is 2.25. The topological polar surface area (TPSA) is 75.7 Å². The second kappa shape index (κ2) is 7.84. The van der Waals surface area contributed by atoms with Crippen molar-refractivity contribution in [3.63, 3.8) is 0 Å². The Balaban J connectivity index is 1.32. The Bertz CT molecular complexity index is 888. The van der Waals surface area contributed by atoms with E-state index in [0.717, 1.165) is 0 Å². The molecule has 28 heavy (non-hydrogen) atoms. The van der Waals surface area contributed by atoms with Gasteiger partial charge in [-0.05, 0) is 37.1 Å². The third-order valence-electron chi connectivity index (χ3n) is 5.36. The number of hydrogen-bond donors (Lipinski definition) is 1. The lowest BCUT2D eigenvalue weighted by atomic mass is 9.94. The summed E-state index contributed by atoms with van der Waals surface area (Å²) in [7, 11) is 0. The van der Waals surface area contributed by atoms with E-state index in [9.17, 15) is 14.4 Å². The number of carbonyl (C=O) groups excluding carboxylic acids is 3. The van der Waals surface area contributed by atoms with Crippen LogP contribution in [0.4, 0.5) is 0 Å². The molecule has 2 aromatic carbocycles. The fraction of sp³-hybridized carbons (Fsp3) is 0.318. The fourth-order valence-electron chi connectivity index (χ4n) is 3.74. The molecule has 144 valence electrons. The summed E-state index contributed by atoms with van der Waals surface area (Å²) in [5.74, 6) is 0.0856. The summed E-state index contributed by atoms with van der Waals surface area (Å²) in [5, 5.41) is 2.84. The summed E-state index contributed by atoms with van der Waals surface area (Å²) in [6.45, 7) is 1.21. The first-order chi connectivity index (χ1) is 13.6. The number of rotatable bonds is 3. The van der Waals surface area contributed by atoms with E-state index in [2.05, 4.69) is 5.32 Å². The largest absolute Gasteiger partial charge is 0.490 e. The molecule has 0 bridgehead atoms. The van der Waals surface area contributed by atoms with Crippen LogP contribution in [0.15, 0.2) is 54.6 Å². The van der Waals surface area contributed by atoms with Gasteiger partial charge in [0, 0.05) is 24.6 Å². The van der Waals surface area contributed by atoms with Crippen molar-refractivity contribution in [3.8, 4) is 5.75 Å². The van der Waals surface area contributed by atoms with Gasteiger partial charge < -0.3 is 15.0 Å². The molecule has 2 aromatic rings. The van der Waals surface area contributed by atoms with Gasteiger partial charge in [-0.1, -0.05) is 30.3 Å². The number of fused-ring (bicyclic) bond motifs is 1. The molecule has 0 spiro atoms. The zero-order valence-electron chi connectivity index (χ0n) is 15.5. The summed E-state index contributed by atoms with van der Waals surface area (Å²) in [6.07, 6.45) is 1.17. The molecule has 2 heterocycles. The molecular weight excluding hydrogens is 356 g/mol. The van der Waals surface area contributed by atoms with E-state index in [1.807, 2.05) is 24.3 Å². The van der Waals surface area contributed by atoms with Crippen LogP contribution in [0.3, 0.4) is 0 Å². The Hall–Kier alpha value is -3.15. The molecule has 0 radical (unpaired) electrons. The predicted octanol–water partition coefficient (Wildman–Crippen LogP) is 2.30. The van der Waals surface area contributed by atoms with Gasteiger partial charge in [0.15, 0.2) is 5.78 Å². The van der Waals surface area contributed by atoms with Crippen LogP contribution in [-0.4, -0.2) is 48.2 Å². The number of piperidine rings is 1. The maximum atomic E-state index is 12.6. The first-order valence-electron chi connectivity index (χ1n) is 9.54. The van der Waals surface area contributed by atoms with Crippen molar-refractivity contribution < 1.29 is 19.1 Å². The van der Waals surface area contributed by atoms with Crippen LogP contribution < -0.4 is 10.1 Å². The molecule has 2 aliphatic rings. The molecule has 1 atom stereocenters. The Morgan fingerprint density at radius 3 is 2.39 bits per heavy atom. The van der Waals surface area contributed by atoms with Crippen molar-refractivity contribution in [1.82, 2.24) is 10.2 Å². The summed E-state index contributed by atoms with van der Waals surface area (Å²) in [6, 6.07) is 15.6. The SMILES string of the molecule is O=C(NC1COc2ccccc2C1=O)C1CCN(C(=O)c2ccccc2)CC1. The molecule has 6 heteroatoms. The zero-order valence-corrected chi connectivity index (χ0v) is 15.5. The average molecular weight is 378 g/mol. The number of carbonyl (C=O) groups is 3. The number of benzene rings is 2. The Kier molecular flexibility index (Phi) is 5.10. The van der Waals surface area contributed by atoms with Crippen molar-refractivity contribution >= 4 is 17.6 Å². The minimum absolute atomic E-state index is 0.00748. The first kappa shape index (κ1) is 18.2. The van der Waals surface area contributed by atoms with Crippen LogP contribution in [0.2, 0.25) is 0 Å². The van der Waals surface area contributed by atoms with Gasteiger partial charge in [0.2, 0.25) is 5.91 Å². The quantitative estimate of drug-likeness (QED) is 0.889. The van der Waals surface area contributed by atoms with Gasteiger partial charge in [0.25, 0.3) is 5.91 Å². The normalized spacial score (nSPS) is 19.5. The maximum absolute atomic E-state index is 12.6. The van der Waals surface area contributed by atoms with Crippen LogP contribution in [-0.2, 0) is 4.79 Å². The van der Waals surface area contributed by atoms with Gasteiger partial charge >= 0.3 is 0 Å². The third-order valence-corrected chi connectivity index (χ3v) is 5.36. The molecule has 0 aromatic heterocycles. The molecule has 1 unspecified atom stereocenters. The van der Waals surface area contributed by atoms with Crippen LogP contribution in [0.1, 0.15) is 33.6 Å². The molecule has 2 aliphatic heterocycles. The van der Waals surface area contributed by atoms with Gasteiger partial charge in [-0.2, -0.15) is 0 Å². The molecule has 1 fully saturated rings. The first-order valence-corrected chi connectivity index (χ1v) is 9.54. The van der Waals surface area contributed by atoms with E-state index in [0.29, 0.717) is 42.8 Å². The molecule has 2 amide bonds. The minimum Gasteiger partial charge on any atom is -0.490 e. The highest BCUT2D eigenvalue weighted by Gasteiger charge is 2.33. The second-order valence-electron chi connectivity index (χ2n) is 7.17. The number of ketones is 1. The van der Waals surface area contributed by atoms with E-state index in [1.165, 1.54) is 0 Å². The molecule has 0 aliphatic carbocycles. The zero-order chi connectivity index (χ0) is 19.5. The van der Waals surface area contributed by atoms with Crippen molar-refractivity contribution in [2.24, 2.45) is 5.92 Å². The van der Waals surface area contributed by atoms with Crippen molar-refractivity contribution in [2.45, 2.75) is 18.9 Å². The number of hydrogen-bond acceptors (Lipinski definition) is 4. The van der Waals surface area contributed by atoms with Crippen LogP contribution in [0.5, 0.6) is 5.75 Å². The molecule has 1 saturated heterocycles. The number of amides is 2. The Labute approximate surface area is 163 Å². The second-order valence-corrected chi connectivity index (χ2v) is 7.17. The van der Waals surface area contributed by atoms with Gasteiger partial charge in [0.05, 0.1) is 5.56 Å². The standard InChI is InChI=1S/C22H22N2O4/c25-20-17-8-4-5-9-19(17)28-14-18(20)23-21(26)15-10-12-24(13-11-15)22(27)16-6-2-1-3-7-16/h1-9,15,18H,10-14H2,(H,23,26). The molecular formula is C22H22N2O4. The molecule has 6 nitrogen and oxygen atoms in total. The smallest absolute Gasteiger partial charge is 0.253 e. The van der Waals surface area contributed by atoms with Crippen molar-refractivity contribution in [3.05, 3.63) is 65.7 Å². The van der Waals surface area contributed by atoms with Crippen LogP contribution >= 0.6 is 0 Å². The number of nitrogens with one attached hydrogen (secondary N) is 1. The number of ether oxygens (including phenoxy) is 1. The highest BCUT2D eigenvalue weighted by molar-refractivity contribution is 6.05. The molecule has 4 rings (SSSR count). The lowest BCUT2D eigenvalue weighted by Gasteiger charge is -2.32. The molecule has 0 saturated carbocycles. The Morgan fingerprint density at radius 1 is 0.964 bits per heavy atom. The van der Waals surface area contributed by atoms with Gasteiger partial charge in [-0.15, -0.1) is 0 Å². The summed E-state index contributed by atoms with van der Waals surface area (Å²) in [4.78, 5) is 39.5.